The van der Waals surface area contributed by atoms with E-state index in [9.17, 15) is 22.8 Å². The summed E-state index contributed by atoms with van der Waals surface area (Å²) in [6.07, 6.45) is -4.84. The largest absolute Gasteiger partial charge is 0.478 e. The Balaban J connectivity index is 1.65. The smallest absolute Gasteiger partial charge is 0.436 e. The highest BCUT2D eigenvalue weighted by molar-refractivity contribution is 6.42. The molecule has 0 bridgehead atoms. The van der Waals surface area contributed by atoms with Gasteiger partial charge in [0.15, 0.2) is 5.69 Å². The van der Waals surface area contributed by atoms with E-state index in [1.807, 2.05) is 0 Å². The van der Waals surface area contributed by atoms with E-state index in [0.29, 0.717) is 27.7 Å². The number of hydrogen-bond donors (Lipinski definition) is 2. The average Bonchev–Trinajstić information content (AvgIpc) is 3.36. The zero-order valence-corrected chi connectivity index (χ0v) is 19.7. The Hall–Kier alpha value is -3.24. The molecule has 35 heavy (non-hydrogen) atoms. The molecule has 0 fully saturated rings. The first-order valence-corrected chi connectivity index (χ1v) is 11.2. The van der Waals surface area contributed by atoms with Gasteiger partial charge < -0.3 is 15.3 Å². The molecule has 12 heteroatoms. The number of fused-ring (bicyclic) bond motifs is 1. The lowest BCUT2D eigenvalue weighted by atomic mass is 10.1. The Labute approximate surface area is 208 Å². The molecule has 0 saturated heterocycles. The maximum Gasteiger partial charge on any atom is 0.436 e. The first-order chi connectivity index (χ1) is 16.5. The summed E-state index contributed by atoms with van der Waals surface area (Å²) in [5.41, 5.74) is -0.533. The Morgan fingerprint density at radius 3 is 2.40 bits per heavy atom. The first-order valence-electron chi connectivity index (χ1n) is 10.5. The van der Waals surface area contributed by atoms with Crippen molar-refractivity contribution in [3.05, 3.63) is 80.5 Å². The number of amides is 1. The number of carbonyl (C=O) groups is 2. The van der Waals surface area contributed by atoms with Crippen molar-refractivity contribution in [2.45, 2.75) is 32.2 Å². The van der Waals surface area contributed by atoms with E-state index in [1.54, 1.807) is 30.0 Å². The molecule has 0 unspecified atom stereocenters. The number of carboxylic acid groups (broad SMARTS) is 1. The summed E-state index contributed by atoms with van der Waals surface area (Å²) in [7, 11) is 0. The van der Waals surface area contributed by atoms with Crippen LogP contribution in [0, 0.1) is 0 Å². The number of anilines is 1. The molecule has 2 heterocycles. The van der Waals surface area contributed by atoms with Crippen molar-refractivity contribution in [1.29, 1.82) is 0 Å². The van der Waals surface area contributed by atoms with Crippen LogP contribution in [-0.2, 0) is 19.3 Å². The molecule has 7 nitrogen and oxygen atoms in total. The highest BCUT2D eigenvalue weighted by Gasteiger charge is 2.44. The molecular formula is C23H19Cl2F3N4O3. The monoisotopic (exact) mass is 526 g/mol. The minimum absolute atomic E-state index is 0.0547. The number of hydrogen-bond acceptors (Lipinski definition) is 4. The molecule has 0 aliphatic carbocycles. The summed E-state index contributed by atoms with van der Waals surface area (Å²) in [4.78, 5) is 25.9. The van der Waals surface area contributed by atoms with Gasteiger partial charge in [0.25, 0.3) is 5.91 Å². The summed E-state index contributed by atoms with van der Waals surface area (Å²) in [6, 6.07) is 9.95. The van der Waals surface area contributed by atoms with Gasteiger partial charge in [-0.3, -0.25) is 4.79 Å². The number of alkyl halides is 3. The van der Waals surface area contributed by atoms with Crippen LogP contribution in [0.15, 0.2) is 42.5 Å². The topological polar surface area (TPSA) is 87.5 Å². The second-order valence-corrected chi connectivity index (χ2v) is 8.87. The molecule has 4 rings (SSSR count). The van der Waals surface area contributed by atoms with Crippen molar-refractivity contribution in [3.63, 3.8) is 0 Å². The van der Waals surface area contributed by atoms with Crippen LogP contribution in [0.4, 0.5) is 19.0 Å². The van der Waals surface area contributed by atoms with Crippen LogP contribution in [0.2, 0.25) is 10.0 Å². The normalized spacial score (nSPS) is 14.1. The van der Waals surface area contributed by atoms with Crippen molar-refractivity contribution in [2.75, 3.05) is 11.4 Å². The minimum Gasteiger partial charge on any atom is -0.478 e. The predicted molar refractivity (Wildman–Crippen MR) is 124 cm³/mol. The summed E-state index contributed by atoms with van der Waals surface area (Å²) in [5.74, 6) is -1.98. The minimum atomic E-state index is -4.84. The summed E-state index contributed by atoms with van der Waals surface area (Å²) in [6.45, 7) is 2.33. The Kier molecular flexibility index (Phi) is 6.70. The second-order valence-electron chi connectivity index (χ2n) is 8.06. The van der Waals surface area contributed by atoms with Gasteiger partial charge in [0.2, 0.25) is 0 Å². The fourth-order valence-corrected chi connectivity index (χ4v) is 4.26. The van der Waals surface area contributed by atoms with Crippen molar-refractivity contribution in [2.24, 2.45) is 0 Å². The van der Waals surface area contributed by atoms with Crippen LogP contribution in [0.3, 0.4) is 0 Å². The zero-order valence-electron chi connectivity index (χ0n) is 18.2. The third-order valence-corrected chi connectivity index (χ3v) is 6.40. The quantitative estimate of drug-likeness (QED) is 0.447. The van der Waals surface area contributed by atoms with Crippen LogP contribution < -0.4 is 10.2 Å². The molecule has 2 aromatic carbocycles. The predicted octanol–water partition coefficient (Wildman–Crippen LogP) is 5.42. The number of nitrogens with zero attached hydrogens (tertiary/aromatic N) is 3. The van der Waals surface area contributed by atoms with Crippen molar-refractivity contribution in [1.82, 2.24) is 15.1 Å². The lowest BCUT2D eigenvalue weighted by Gasteiger charge is -2.21. The van der Waals surface area contributed by atoms with Crippen LogP contribution in [0.5, 0.6) is 0 Å². The van der Waals surface area contributed by atoms with Gasteiger partial charge in [-0.05, 0) is 42.3 Å². The van der Waals surface area contributed by atoms with Crippen LogP contribution in [0.1, 0.15) is 50.5 Å². The molecule has 1 aromatic heterocycles. The highest BCUT2D eigenvalue weighted by Crippen LogP contribution is 2.39. The molecule has 0 radical (unpaired) electrons. The van der Waals surface area contributed by atoms with Gasteiger partial charge in [0.1, 0.15) is 11.4 Å². The van der Waals surface area contributed by atoms with Gasteiger partial charge in [-0.15, -0.1) is 0 Å². The van der Waals surface area contributed by atoms with Crippen molar-refractivity contribution >= 4 is 40.9 Å². The van der Waals surface area contributed by atoms with Crippen LogP contribution in [0.25, 0.3) is 0 Å². The van der Waals surface area contributed by atoms with Crippen LogP contribution in [-0.4, -0.2) is 33.3 Å². The van der Waals surface area contributed by atoms with Gasteiger partial charge in [0, 0.05) is 13.1 Å². The first kappa shape index (κ1) is 24.9. The van der Waals surface area contributed by atoms with Crippen LogP contribution >= 0.6 is 23.2 Å². The number of nitrogens with one attached hydrogen (secondary N) is 1. The van der Waals surface area contributed by atoms with Gasteiger partial charge in [-0.25, -0.2) is 9.48 Å². The molecule has 184 valence electrons. The average molecular weight is 527 g/mol. The maximum absolute atomic E-state index is 13.8. The third-order valence-electron chi connectivity index (χ3n) is 5.67. The van der Waals surface area contributed by atoms with Gasteiger partial charge in [-0.1, -0.05) is 41.4 Å². The number of carboxylic acids is 1. The molecule has 0 spiro atoms. The van der Waals surface area contributed by atoms with Gasteiger partial charge in [-0.2, -0.15) is 18.3 Å². The summed E-state index contributed by atoms with van der Waals surface area (Å²) >= 11 is 12.0. The molecule has 1 aliphatic rings. The van der Waals surface area contributed by atoms with E-state index < -0.39 is 35.4 Å². The summed E-state index contributed by atoms with van der Waals surface area (Å²) in [5, 5.41) is 16.0. The fraction of sp³-hybridized carbons (Fsp3) is 0.261. The fourth-order valence-electron chi connectivity index (χ4n) is 3.94. The lowest BCUT2D eigenvalue weighted by molar-refractivity contribution is -0.141. The molecule has 3 aromatic rings. The third kappa shape index (κ3) is 5.08. The van der Waals surface area contributed by atoms with E-state index in [4.69, 9.17) is 28.3 Å². The Morgan fingerprint density at radius 2 is 1.80 bits per heavy atom. The molecule has 1 atom stereocenters. The number of halogens is 5. The lowest BCUT2D eigenvalue weighted by Crippen LogP contribution is -2.31. The SMILES string of the molecule is C[C@H](NC(=O)c1c(C(F)(F)F)nn2c1N(Cc1ccc(Cl)c(Cl)c1)CC2)c1ccc(C(=O)O)cc1. The van der Waals surface area contributed by atoms with Gasteiger partial charge >= 0.3 is 12.1 Å². The van der Waals surface area contributed by atoms with E-state index in [2.05, 4.69) is 10.4 Å². The standard InChI is InChI=1S/C23H19Cl2F3N4O3/c1-12(14-3-5-15(6-4-14)22(34)35)29-20(33)18-19(23(26,27)28)30-32-9-8-31(21(18)32)11-13-2-7-16(24)17(25)10-13/h2-7,10,12H,8-9,11H2,1H3,(H,29,33)(H,34,35)/t12-/m0/s1. The maximum atomic E-state index is 13.8. The van der Waals surface area contributed by atoms with E-state index in [0.717, 1.165) is 0 Å². The summed E-state index contributed by atoms with van der Waals surface area (Å²) < 4.78 is 42.7. The van der Waals surface area contributed by atoms with Crippen molar-refractivity contribution < 1.29 is 27.9 Å². The Bertz CT molecular complexity index is 1290. The van der Waals surface area contributed by atoms with Crippen molar-refractivity contribution in [3.8, 4) is 0 Å². The molecule has 0 saturated carbocycles. The van der Waals surface area contributed by atoms with E-state index in [-0.39, 0.29) is 24.5 Å². The molecular weight excluding hydrogens is 508 g/mol. The number of benzene rings is 2. The van der Waals surface area contributed by atoms with Gasteiger partial charge in [0.05, 0.1) is 28.2 Å². The number of aromatic carboxylic acids is 1. The second kappa shape index (κ2) is 9.43. The highest BCUT2D eigenvalue weighted by atomic mass is 35.5. The Morgan fingerprint density at radius 1 is 1.11 bits per heavy atom. The number of aromatic nitrogens is 2. The number of rotatable bonds is 6. The van der Waals surface area contributed by atoms with E-state index >= 15 is 0 Å². The molecule has 2 N–H and O–H groups in total. The number of carbonyl (C=O) groups excluding carboxylic acids is 1. The van der Waals surface area contributed by atoms with E-state index in [1.165, 1.54) is 28.9 Å². The molecule has 1 amide bonds. The zero-order chi connectivity index (χ0) is 25.5. The molecule has 1 aliphatic heterocycles.